The van der Waals surface area contributed by atoms with Gasteiger partial charge in [-0.1, -0.05) is 39.8 Å². The van der Waals surface area contributed by atoms with Crippen molar-refractivity contribution in [2.45, 2.75) is 23.6 Å². The monoisotopic (exact) mass is 431 g/mol. The molecule has 1 aromatic heterocycles. The lowest BCUT2D eigenvalue weighted by Crippen LogP contribution is -2.15. The molecule has 26 heavy (non-hydrogen) atoms. The molecule has 0 aliphatic carbocycles. The van der Waals surface area contributed by atoms with Crippen molar-refractivity contribution in [1.82, 2.24) is 9.78 Å². The summed E-state index contributed by atoms with van der Waals surface area (Å²) in [5.41, 5.74) is 1.85. The van der Waals surface area contributed by atoms with Crippen LogP contribution in [0.25, 0.3) is 0 Å². The molecule has 0 N–H and O–H groups in total. The predicted molar refractivity (Wildman–Crippen MR) is 103 cm³/mol. The quantitative estimate of drug-likeness (QED) is 0.428. The summed E-state index contributed by atoms with van der Waals surface area (Å²) < 4.78 is 2.23. The van der Waals surface area contributed by atoms with Crippen LogP contribution in [0.5, 0.6) is 0 Å². The van der Waals surface area contributed by atoms with Gasteiger partial charge in [0.15, 0.2) is 0 Å². The molecule has 3 aromatic rings. The minimum Gasteiger partial charge on any atom is -0.267 e. The molecule has 0 aliphatic heterocycles. The fourth-order valence-electron chi connectivity index (χ4n) is 2.49. The maximum absolute atomic E-state index is 12.7. The van der Waals surface area contributed by atoms with E-state index in [0.29, 0.717) is 21.8 Å². The molecule has 0 saturated heterocycles. The second-order valence-electron chi connectivity index (χ2n) is 5.55. The highest BCUT2D eigenvalue weighted by atomic mass is 79.9. The van der Waals surface area contributed by atoms with Crippen molar-refractivity contribution in [3.8, 4) is 0 Å². The fraction of sp³-hybridized carbons (Fsp3) is 0.111. The molecule has 8 heteroatoms. The molecule has 6 nitrogen and oxygen atoms in total. The lowest BCUT2D eigenvalue weighted by Gasteiger charge is -2.05. The average Bonchev–Trinajstić information content (AvgIpc) is 2.90. The van der Waals surface area contributed by atoms with Crippen LogP contribution >= 0.6 is 27.7 Å². The van der Waals surface area contributed by atoms with Crippen LogP contribution in [0.1, 0.15) is 21.7 Å². The van der Waals surface area contributed by atoms with Crippen molar-refractivity contribution >= 4 is 39.3 Å². The molecule has 3 rings (SSSR count). The molecule has 0 aliphatic rings. The van der Waals surface area contributed by atoms with Gasteiger partial charge in [-0.05, 0) is 44.2 Å². The summed E-state index contributed by atoms with van der Waals surface area (Å²) in [7, 11) is 0. The van der Waals surface area contributed by atoms with Crippen LogP contribution in [0.3, 0.4) is 0 Å². The number of nitro groups is 1. The number of para-hydroxylation sites is 1. The van der Waals surface area contributed by atoms with Crippen LogP contribution in [0.4, 0.5) is 5.69 Å². The summed E-state index contributed by atoms with van der Waals surface area (Å²) >= 11 is 4.59. The van der Waals surface area contributed by atoms with Gasteiger partial charge in [0.05, 0.1) is 26.1 Å². The molecule has 0 fully saturated rings. The molecule has 132 valence electrons. The number of hydrogen-bond acceptors (Lipinski definition) is 5. The Kier molecular flexibility index (Phi) is 5.24. The predicted octanol–water partition coefficient (Wildman–Crippen LogP) is 5.01. The zero-order chi connectivity index (χ0) is 18.8. The second-order valence-corrected chi connectivity index (χ2v) is 7.52. The highest BCUT2D eigenvalue weighted by Crippen LogP contribution is 2.37. The number of halogens is 1. The van der Waals surface area contributed by atoms with E-state index in [1.165, 1.54) is 22.5 Å². The molecule has 0 amide bonds. The Balaban J connectivity index is 1.98. The highest BCUT2D eigenvalue weighted by molar-refractivity contribution is 9.10. The van der Waals surface area contributed by atoms with Crippen LogP contribution in [0.2, 0.25) is 0 Å². The first-order valence-corrected chi connectivity index (χ1v) is 9.27. The minimum atomic E-state index is -0.412. The summed E-state index contributed by atoms with van der Waals surface area (Å²) in [5.74, 6) is -0.243. The van der Waals surface area contributed by atoms with E-state index in [0.717, 1.165) is 9.37 Å². The van der Waals surface area contributed by atoms with Crippen LogP contribution in [0, 0.1) is 24.0 Å². The Bertz CT molecular complexity index is 999. The topological polar surface area (TPSA) is 78.0 Å². The maximum atomic E-state index is 12.7. The zero-order valence-electron chi connectivity index (χ0n) is 14.0. The summed E-state index contributed by atoms with van der Waals surface area (Å²) in [5, 5.41) is 15.6. The van der Waals surface area contributed by atoms with Gasteiger partial charge in [-0.25, -0.2) is 0 Å². The number of carbonyl (C=O) groups is 1. The number of carbonyl (C=O) groups excluding carboxylic acids is 1. The number of rotatable bonds is 4. The van der Waals surface area contributed by atoms with E-state index in [1.54, 1.807) is 56.3 Å². The van der Waals surface area contributed by atoms with Crippen molar-refractivity contribution in [3.63, 3.8) is 0 Å². The van der Waals surface area contributed by atoms with E-state index in [1.807, 2.05) is 0 Å². The molecule has 0 unspecified atom stereocenters. The van der Waals surface area contributed by atoms with Gasteiger partial charge in [-0.3, -0.25) is 14.9 Å². The van der Waals surface area contributed by atoms with Crippen molar-refractivity contribution in [1.29, 1.82) is 0 Å². The third-order valence-corrected chi connectivity index (χ3v) is 5.67. The van der Waals surface area contributed by atoms with Gasteiger partial charge in [0.25, 0.3) is 11.6 Å². The molecule has 2 aromatic carbocycles. The molecular weight excluding hydrogens is 418 g/mol. The largest absolute Gasteiger partial charge is 0.283 e. The van der Waals surface area contributed by atoms with Crippen molar-refractivity contribution in [3.05, 3.63) is 80.1 Å². The first-order chi connectivity index (χ1) is 12.4. The van der Waals surface area contributed by atoms with E-state index in [9.17, 15) is 14.9 Å². The highest BCUT2D eigenvalue weighted by Gasteiger charge is 2.21. The van der Waals surface area contributed by atoms with Gasteiger partial charge in [0.1, 0.15) is 0 Å². The Morgan fingerprint density at radius 2 is 1.81 bits per heavy atom. The van der Waals surface area contributed by atoms with E-state index in [4.69, 9.17) is 0 Å². The van der Waals surface area contributed by atoms with Gasteiger partial charge < -0.3 is 0 Å². The smallest absolute Gasteiger partial charge is 0.267 e. The van der Waals surface area contributed by atoms with Gasteiger partial charge in [-0.15, -0.1) is 0 Å². The SMILES string of the molecule is Cc1nn(C(=O)c2ccc(Br)cc2)c(C)c1Sc1ccccc1[N+](=O)[O-]. The van der Waals surface area contributed by atoms with Gasteiger partial charge in [-0.2, -0.15) is 9.78 Å². The lowest BCUT2D eigenvalue weighted by atomic mass is 10.2. The van der Waals surface area contributed by atoms with Crippen LogP contribution in [-0.2, 0) is 0 Å². The molecule has 0 saturated carbocycles. The van der Waals surface area contributed by atoms with Crippen LogP contribution in [-0.4, -0.2) is 20.6 Å². The minimum absolute atomic E-state index is 0.0308. The van der Waals surface area contributed by atoms with Crippen LogP contribution in [0.15, 0.2) is 62.8 Å². The van der Waals surface area contributed by atoms with E-state index >= 15 is 0 Å². The summed E-state index contributed by atoms with van der Waals surface area (Å²) in [4.78, 5) is 24.8. The number of hydrogen-bond donors (Lipinski definition) is 0. The van der Waals surface area contributed by atoms with Crippen LogP contribution < -0.4 is 0 Å². The molecular formula is C18H14BrN3O3S. The molecule has 0 spiro atoms. The number of aromatic nitrogens is 2. The Morgan fingerprint density at radius 1 is 1.15 bits per heavy atom. The summed E-state index contributed by atoms with van der Waals surface area (Å²) in [6.45, 7) is 3.57. The molecule has 0 atom stereocenters. The average molecular weight is 432 g/mol. The number of nitro benzene ring substituents is 1. The molecule has 0 bridgehead atoms. The van der Waals surface area contributed by atoms with Gasteiger partial charge in [0, 0.05) is 16.1 Å². The first kappa shape index (κ1) is 18.3. The fourth-order valence-corrected chi connectivity index (χ4v) is 3.79. The second kappa shape index (κ2) is 7.43. The summed E-state index contributed by atoms with van der Waals surface area (Å²) in [6, 6.07) is 13.6. The van der Waals surface area contributed by atoms with Crippen molar-refractivity contribution in [2.75, 3.05) is 0 Å². The van der Waals surface area contributed by atoms with Gasteiger partial charge >= 0.3 is 0 Å². The third-order valence-electron chi connectivity index (χ3n) is 3.78. The third kappa shape index (κ3) is 3.56. The van der Waals surface area contributed by atoms with E-state index < -0.39 is 4.92 Å². The normalized spacial score (nSPS) is 10.7. The van der Waals surface area contributed by atoms with Gasteiger partial charge in [0.2, 0.25) is 0 Å². The zero-order valence-corrected chi connectivity index (χ0v) is 16.4. The van der Waals surface area contributed by atoms with E-state index in [-0.39, 0.29) is 11.6 Å². The maximum Gasteiger partial charge on any atom is 0.283 e. The van der Waals surface area contributed by atoms with Crippen molar-refractivity contribution < 1.29 is 9.72 Å². The number of aryl methyl sites for hydroxylation is 1. The van der Waals surface area contributed by atoms with Crippen molar-refractivity contribution in [2.24, 2.45) is 0 Å². The standard InChI is InChI=1S/C18H14BrN3O3S/c1-11-17(26-16-6-4-3-5-15(16)22(24)25)12(2)21(20-11)18(23)13-7-9-14(19)10-8-13/h3-10H,1-2H3. The summed E-state index contributed by atoms with van der Waals surface area (Å²) in [6.07, 6.45) is 0. The molecule has 0 radical (unpaired) electrons. The first-order valence-electron chi connectivity index (χ1n) is 7.66. The molecule has 1 heterocycles. The Labute approximate surface area is 162 Å². The number of nitrogens with zero attached hydrogens (tertiary/aromatic N) is 3. The lowest BCUT2D eigenvalue weighted by molar-refractivity contribution is -0.387. The number of benzene rings is 2. The Morgan fingerprint density at radius 3 is 2.46 bits per heavy atom. The Hall–Kier alpha value is -2.45. The van der Waals surface area contributed by atoms with E-state index in [2.05, 4.69) is 21.0 Å².